The van der Waals surface area contributed by atoms with Gasteiger partial charge < -0.3 is 0 Å². The Balaban J connectivity index is 1.78. The van der Waals surface area contributed by atoms with Crippen LogP contribution in [-0.2, 0) is 12.8 Å². The van der Waals surface area contributed by atoms with E-state index in [4.69, 9.17) is 12.2 Å². The molecule has 1 aliphatic rings. The maximum Gasteiger partial charge on any atom is 0.216 e. The van der Waals surface area contributed by atoms with Crippen LogP contribution < -0.4 is 0 Å². The lowest BCUT2D eigenvalue weighted by Crippen LogP contribution is -1.96. The zero-order valence-electron chi connectivity index (χ0n) is 11.0. The summed E-state index contributed by atoms with van der Waals surface area (Å²) in [5.41, 5.74) is 3.28. The van der Waals surface area contributed by atoms with Crippen LogP contribution in [0.4, 0.5) is 0 Å². The number of fused-ring (bicyclic) bond motifs is 1. The van der Waals surface area contributed by atoms with Gasteiger partial charge >= 0.3 is 0 Å². The molecule has 8 heteroatoms. The molecule has 0 spiro atoms. The topological polar surface area (TPSA) is 74.7 Å². The highest BCUT2D eigenvalue weighted by Gasteiger charge is 2.23. The van der Waals surface area contributed by atoms with Crippen LogP contribution in [0.5, 0.6) is 0 Å². The van der Waals surface area contributed by atoms with Gasteiger partial charge in [-0.25, -0.2) is 5.10 Å². The predicted molar refractivity (Wildman–Crippen MR) is 84.3 cm³/mol. The molecule has 0 unspecified atom stereocenters. The second-order valence-electron chi connectivity index (χ2n) is 4.81. The fraction of sp³-hybridized carbons (Fsp3) is 0.231. The first-order chi connectivity index (χ1) is 10.3. The first kappa shape index (κ1) is 12.7. The molecule has 6 nitrogen and oxygen atoms in total. The number of H-pyrrole nitrogens is 2. The molecule has 1 aliphatic carbocycles. The molecule has 0 aromatic carbocycles. The average molecular weight is 316 g/mol. The molecule has 0 bridgehead atoms. The standard InChI is InChI=1S/C13H12N6S2/c20-13-18-17-12(11-9-4-1-5-10(9)15-16-11)19(13)14-7-8-3-2-6-21-8/h2-3,6-7H,1,4-5H2,(H,15,16)(H,18,20)/b14-7-. The van der Waals surface area contributed by atoms with Crippen molar-refractivity contribution in [3.05, 3.63) is 38.4 Å². The van der Waals surface area contributed by atoms with Crippen molar-refractivity contribution in [3.63, 3.8) is 0 Å². The predicted octanol–water partition coefficient (Wildman–Crippen LogP) is 2.76. The quantitative estimate of drug-likeness (QED) is 0.576. The lowest BCUT2D eigenvalue weighted by atomic mass is 10.2. The van der Waals surface area contributed by atoms with Gasteiger partial charge in [-0.05, 0) is 42.9 Å². The van der Waals surface area contributed by atoms with Crippen LogP contribution in [0.15, 0.2) is 22.6 Å². The summed E-state index contributed by atoms with van der Waals surface area (Å²) in [6.07, 6.45) is 5.01. The zero-order valence-corrected chi connectivity index (χ0v) is 12.7. The van der Waals surface area contributed by atoms with E-state index in [0.717, 1.165) is 29.8 Å². The van der Waals surface area contributed by atoms with Crippen molar-refractivity contribution in [2.75, 3.05) is 0 Å². The van der Waals surface area contributed by atoms with E-state index in [-0.39, 0.29) is 0 Å². The van der Waals surface area contributed by atoms with Gasteiger partial charge in [0.2, 0.25) is 10.6 Å². The summed E-state index contributed by atoms with van der Waals surface area (Å²) in [6, 6.07) is 3.99. The number of aromatic amines is 2. The zero-order chi connectivity index (χ0) is 14.2. The van der Waals surface area contributed by atoms with E-state index in [1.807, 2.05) is 17.5 Å². The Morgan fingerprint density at radius 3 is 3.14 bits per heavy atom. The molecule has 0 aliphatic heterocycles. The molecular formula is C13H12N6S2. The Hall–Kier alpha value is -2.06. The summed E-state index contributed by atoms with van der Waals surface area (Å²) in [5, 5.41) is 21.0. The Morgan fingerprint density at radius 2 is 2.29 bits per heavy atom. The number of aryl methyl sites for hydroxylation is 1. The highest BCUT2D eigenvalue weighted by Crippen LogP contribution is 2.29. The summed E-state index contributed by atoms with van der Waals surface area (Å²) >= 11 is 6.89. The van der Waals surface area contributed by atoms with Gasteiger partial charge in [0.25, 0.3) is 0 Å². The Bertz CT molecular complexity index is 852. The van der Waals surface area contributed by atoms with E-state index in [1.54, 1.807) is 22.2 Å². The Morgan fingerprint density at radius 1 is 1.33 bits per heavy atom. The smallest absolute Gasteiger partial charge is 0.216 e. The fourth-order valence-corrected chi connectivity index (χ4v) is 3.29. The monoisotopic (exact) mass is 316 g/mol. The molecule has 4 rings (SSSR count). The summed E-state index contributed by atoms with van der Waals surface area (Å²) in [6.45, 7) is 0. The molecular weight excluding hydrogens is 304 g/mol. The van der Waals surface area contributed by atoms with Gasteiger partial charge in [0.05, 0.1) is 6.21 Å². The molecule has 3 aromatic heterocycles. The third-order valence-electron chi connectivity index (χ3n) is 3.51. The second kappa shape index (κ2) is 5.05. The lowest BCUT2D eigenvalue weighted by Gasteiger charge is -1.99. The molecule has 0 saturated carbocycles. The largest absolute Gasteiger partial charge is 0.282 e. The number of nitrogens with one attached hydrogen (secondary N) is 2. The van der Waals surface area contributed by atoms with E-state index in [0.29, 0.717) is 10.6 Å². The van der Waals surface area contributed by atoms with E-state index in [9.17, 15) is 0 Å². The molecule has 0 atom stereocenters. The van der Waals surface area contributed by atoms with E-state index >= 15 is 0 Å². The van der Waals surface area contributed by atoms with Crippen LogP contribution in [0, 0.1) is 4.77 Å². The van der Waals surface area contributed by atoms with Gasteiger partial charge in [0.1, 0.15) is 5.69 Å². The molecule has 2 N–H and O–H groups in total. The summed E-state index contributed by atoms with van der Waals surface area (Å²) in [7, 11) is 0. The van der Waals surface area contributed by atoms with Crippen LogP contribution in [0.3, 0.4) is 0 Å². The Kier molecular flexibility index (Phi) is 3.04. The van der Waals surface area contributed by atoms with Gasteiger partial charge in [-0.3, -0.25) is 5.10 Å². The van der Waals surface area contributed by atoms with Crippen molar-refractivity contribution in [1.29, 1.82) is 0 Å². The molecule has 0 radical (unpaired) electrons. The third-order valence-corrected chi connectivity index (χ3v) is 4.58. The molecule has 3 aromatic rings. The van der Waals surface area contributed by atoms with Crippen molar-refractivity contribution in [2.24, 2.45) is 5.10 Å². The van der Waals surface area contributed by atoms with Crippen LogP contribution in [0.2, 0.25) is 0 Å². The highest BCUT2D eigenvalue weighted by molar-refractivity contribution is 7.71. The number of thiophene rings is 1. The Labute approximate surface area is 129 Å². The third kappa shape index (κ3) is 2.16. The molecule has 0 amide bonds. The number of hydrogen-bond acceptors (Lipinski definition) is 5. The minimum atomic E-state index is 0.465. The van der Waals surface area contributed by atoms with Crippen molar-refractivity contribution >= 4 is 29.8 Å². The fourth-order valence-electron chi connectivity index (χ4n) is 2.54. The number of rotatable bonds is 3. The normalized spacial score (nSPS) is 14.1. The van der Waals surface area contributed by atoms with Crippen LogP contribution in [0.1, 0.15) is 22.6 Å². The van der Waals surface area contributed by atoms with Gasteiger partial charge in [0.15, 0.2) is 0 Å². The van der Waals surface area contributed by atoms with Gasteiger partial charge in [-0.15, -0.1) is 11.3 Å². The minimum absolute atomic E-state index is 0.465. The maximum absolute atomic E-state index is 5.27. The van der Waals surface area contributed by atoms with Gasteiger partial charge in [0, 0.05) is 16.1 Å². The van der Waals surface area contributed by atoms with Crippen molar-refractivity contribution in [3.8, 4) is 11.5 Å². The number of hydrogen-bond donors (Lipinski definition) is 2. The van der Waals surface area contributed by atoms with Gasteiger partial charge in [-0.1, -0.05) is 6.07 Å². The van der Waals surface area contributed by atoms with Gasteiger partial charge in [-0.2, -0.15) is 20.0 Å². The van der Waals surface area contributed by atoms with Crippen LogP contribution in [0.25, 0.3) is 11.5 Å². The summed E-state index contributed by atoms with van der Waals surface area (Å²) < 4.78 is 2.09. The molecule has 21 heavy (non-hydrogen) atoms. The van der Waals surface area contributed by atoms with Crippen molar-refractivity contribution in [2.45, 2.75) is 19.3 Å². The van der Waals surface area contributed by atoms with E-state index in [2.05, 4.69) is 25.5 Å². The summed E-state index contributed by atoms with van der Waals surface area (Å²) in [4.78, 5) is 1.07. The van der Waals surface area contributed by atoms with E-state index in [1.165, 1.54) is 11.3 Å². The number of nitrogens with zero attached hydrogens (tertiary/aromatic N) is 4. The van der Waals surface area contributed by atoms with Crippen molar-refractivity contribution < 1.29 is 0 Å². The van der Waals surface area contributed by atoms with E-state index < -0.39 is 0 Å². The average Bonchev–Trinajstić information content (AvgIpc) is 3.21. The maximum atomic E-state index is 5.27. The molecule has 106 valence electrons. The molecule has 0 saturated heterocycles. The van der Waals surface area contributed by atoms with Crippen molar-refractivity contribution in [1.82, 2.24) is 25.1 Å². The minimum Gasteiger partial charge on any atom is -0.282 e. The highest BCUT2D eigenvalue weighted by atomic mass is 32.1. The first-order valence-electron chi connectivity index (χ1n) is 6.64. The summed E-state index contributed by atoms with van der Waals surface area (Å²) in [5.74, 6) is 0.659. The first-order valence-corrected chi connectivity index (χ1v) is 7.93. The second-order valence-corrected chi connectivity index (χ2v) is 6.17. The lowest BCUT2D eigenvalue weighted by molar-refractivity contribution is 0.844. The number of aromatic nitrogens is 5. The molecule has 0 fully saturated rings. The molecule has 3 heterocycles. The van der Waals surface area contributed by atoms with Crippen LogP contribution >= 0.6 is 23.6 Å². The SMILES string of the molecule is S=c1[nH]nc(-c2n[nH]c3c2CCC3)n1/N=C\c1cccs1. The van der Waals surface area contributed by atoms with Crippen LogP contribution in [-0.4, -0.2) is 31.3 Å².